The summed E-state index contributed by atoms with van der Waals surface area (Å²) in [7, 11) is 3.49. The molecule has 0 amide bonds. The Balaban J connectivity index is 2.08. The molecule has 0 radical (unpaired) electrons. The highest BCUT2D eigenvalue weighted by molar-refractivity contribution is 5.38. The summed E-state index contributed by atoms with van der Waals surface area (Å²) < 4.78 is 43.6. The molecule has 1 saturated heterocycles. The van der Waals surface area contributed by atoms with Gasteiger partial charge in [0.2, 0.25) is 11.7 Å². The van der Waals surface area contributed by atoms with E-state index >= 15 is 0 Å². The fraction of sp³-hybridized carbons (Fsp3) is 0.692. The number of alkyl halides is 3. The van der Waals surface area contributed by atoms with Crippen molar-refractivity contribution in [2.24, 2.45) is 0 Å². The van der Waals surface area contributed by atoms with E-state index < -0.39 is 12.0 Å². The van der Waals surface area contributed by atoms with Crippen molar-refractivity contribution in [1.29, 1.82) is 0 Å². The minimum absolute atomic E-state index is 0.0550. The SMILES string of the molecule is CNc1cc(OCC2CCCCN2C)nc(C(F)(F)F)n1. The van der Waals surface area contributed by atoms with Gasteiger partial charge in [0.1, 0.15) is 12.4 Å². The third-order valence-electron chi connectivity index (χ3n) is 3.56. The first-order valence-corrected chi connectivity index (χ1v) is 6.87. The molecule has 0 aromatic carbocycles. The third-order valence-corrected chi connectivity index (χ3v) is 3.56. The average molecular weight is 304 g/mol. The Morgan fingerprint density at radius 2 is 2.14 bits per heavy atom. The molecule has 2 heterocycles. The second-order valence-electron chi connectivity index (χ2n) is 5.10. The van der Waals surface area contributed by atoms with Crippen molar-refractivity contribution in [2.75, 3.05) is 32.6 Å². The number of likely N-dealkylation sites (N-methyl/N-ethyl adjacent to an activating group) is 1. The number of halogens is 3. The lowest BCUT2D eigenvalue weighted by atomic mass is 10.0. The number of nitrogens with one attached hydrogen (secondary N) is 1. The monoisotopic (exact) mass is 304 g/mol. The quantitative estimate of drug-likeness (QED) is 0.925. The predicted octanol–water partition coefficient (Wildman–Crippen LogP) is 2.40. The highest BCUT2D eigenvalue weighted by Crippen LogP contribution is 2.29. The summed E-state index contributed by atoms with van der Waals surface area (Å²) in [5.41, 5.74) is 0. The number of piperidine rings is 1. The van der Waals surface area contributed by atoms with Gasteiger partial charge in [-0.3, -0.25) is 0 Å². The number of likely N-dealkylation sites (tertiary alicyclic amines) is 1. The molecule has 1 aromatic heterocycles. The molecule has 1 aromatic rings. The summed E-state index contributed by atoms with van der Waals surface area (Å²) in [6, 6.07) is 1.58. The van der Waals surface area contributed by atoms with Crippen LogP contribution in [0.1, 0.15) is 25.1 Å². The molecule has 1 fully saturated rings. The number of ether oxygens (including phenoxy) is 1. The maximum absolute atomic E-state index is 12.7. The Morgan fingerprint density at radius 3 is 2.76 bits per heavy atom. The van der Waals surface area contributed by atoms with Gasteiger partial charge in [-0.2, -0.15) is 18.2 Å². The fourth-order valence-corrected chi connectivity index (χ4v) is 2.29. The van der Waals surface area contributed by atoms with Crippen molar-refractivity contribution in [3.05, 3.63) is 11.9 Å². The standard InChI is InChI=1S/C13H19F3N4O/c1-17-10-7-11(19-12(18-10)13(14,15)16)21-8-9-5-3-4-6-20(9)2/h7,9H,3-6,8H2,1-2H3,(H,17,18,19). The maximum Gasteiger partial charge on any atom is 0.451 e. The van der Waals surface area contributed by atoms with Gasteiger partial charge in [0, 0.05) is 19.2 Å². The zero-order valence-electron chi connectivity index (χ0n) is 12.1. The van der Waals surface area contributed by atoms with Crippen LogP contribution in [0.3, 0.4) is 0 Å². The van der Waals surface area contributed by atoms with E-state index in [-0.39, 0.29) is 17.7 Å². The Bertz CT molecular complexity index is 481. The van der Waals surface area contributed by atoms with E-state index in [1.165, 1.54) is 13.1 Å². The first kappa shape index (κ1) is 15.8. The number of nitrogens with zero attached hydrogens (tertiary/aromatic N) is 3. The molecule has 2 rings (SSSR count). The van der Waals surface area contributed by atoms with E-state index in [0.29, 0.717) is 6.61 Å². The van der Waals surface area contributed by atoms with Crippen LogP contribution < -0.4 is 10.1 Å². The second kappa shape index (κ2) is 6.46. The van der Waals surface area contributed by atoms with Crippen molar-refractivity contribution < 1.29 is 17.9 Å². The van der Waals surface area contributed by atoms with Crippen molar-refractivity contribution in [3.63, 3.8) is 0 Å². The molecule has 118 valence electrons. The van der Waals surface area contributed by atoms with Gasteiger partial charge in [0.25, 0.3) is 0 Å². The number of hydrogen-bond acceptors (Lipinski definition) is 5. The Kier molecular flexibility index (Phi) is 4.87. The smallest absolute Gasteiger partial charge is 0.451 e. The van der Waals surface area contributed by atoms with Gasteiger partial charge in [-0.05, 0) is 26.4 Å². The fourth-order valence-electron chi connectivity index (χ4n) is 2.29. The lowest BCUT2D eigenvalue weighted by Crippen LogP contribution is -2.40. The van der Waals surface area contributed by atoms with Crippen LogP contribution in [0.2, 0.25) is 0 Å². The molecule has 5 nitrogen and oxygen atoms in total. The third kappa shape index (κ3) is 4.20. The molecule has 0 saturated carbocycles. The van der Waals surface area contributed by atoms with Crippen molar-refractivity contribution in [1.82, 2.24) is 14.9 Å². The van der Waals surface area contributed by atoms with Crippen molar-refractivity contribution in [2.45, 2.75) is 31.5 Å². The van der Waals surface area contributed by atoms with E-state index in [1.54, 1.807) is 0 Å². The highest BCUT2D eigenvalue weighted by Gasteiger charge is 2.35. The van der Waals surface area contributed by atoms with Crippen LogP contribution in [-0.4, -0.2) is 48.2 Å². The van der Waals surface area contributed by atoms with E-state index in [1.807, 2.05) is 7.05 Å². The maximum atomic E-state index is 12.7. The number of anilines is 1. The van der Waals surface area contributed by atoms with Crippen LogP contribution in [0.25, 0.3) is 0 Å². The summed E-state index contributed by atoms with van der Waals surface area (Å²) in [6.45, 7) is 1.31. The largest absolute Gasteiger partial charge is 0.476 e. The average Bonchev–Trinajstić information content (AvgIpc) is 2.45. The predicted molar refractivity (Wildman–Crippen MR) is 72.3 cm³/mol. The summed E-state index contributed by atoms with van der Waals surface area (Å²) in [4.78, 5) is 9.00. The van der Waals surface area contributed by atoms with Gasteiger partial charge in [-0.1, -0.05) is 6.42 Å². The zero-order valence-corrected chi connectivity index (χ0v) is 12.1. The summed E-state index contributed by atoms with van der Waals surface area (Å²) >= 11 is 0. The molecular weight excluding hydrogens is 285 g/mol. The van der Waals surface area contributed by atoms with Crippen molar-refractivity contribution >= 4 is 5.82 Å². The minimum atomic E-state index is -4.59. The van der Waals surface area contributed by atoms with Crippen LogP contribution in [0.15, 0.2) is 6.07 Å². The van der Waals surface area contributed by atoms with Crippen LogP contribution in [0.4, 0.5) is 19.0 Å². The van der Waals surface area contributed by atoms with Gasteiger partial charge in [0.05, 0.1) is 0 Å². The first-order valence-electron chi connectivity index (χ1n) is 6.87. The second-order valence-corrected chi connectivity index (χ2v) is 5.10. The number of hydrogen-bond donors (Lipinski definition) is 1. The topological polar surface area (TPSA) is 50.3 Å². The lowest BCUT2D eigenvalue weighted by Gasteiger charge is -2.32. The van der Waals surface area contributed by atoms with Crippen LogP contribution >= 0.6 is 0 Å². The van der Waals surface area contributed by atoms with Crippen LogP contribution in [0.5, 0.6) is 5.88 Å². The molecule has 21 heavy (non-hydrogen) atoms. The molecule has 8 heteroatoms. The molecule has 1 aliphatic rings. The van der Waals surface area contributed by atoms with E-state index in [0.717, 1.165) is 25.8 Å². The van der Waals surface area contributed by atoms with Gasteiger partial charge < -0.3 is 15.0 Å². The molecule has 0 bridgehead atoms. The van der Waals surface area contributed by atoms with E-state index in [9.17, 15) is 13.2 Å². The molecule has 1 unspecified atom stereocenters. The highest BCUT2D eigenvalue weighted by atomic mass is 19.4. The summed E-state index contributed by atoms with van der Waals surface area (Å²) in [5, 5.41) is 2.59. The zero-order chi connectivity index (χ0) is 15.5. The summed E-state index contributed by atoms with van der Waals surface area (Å²) in [6.07, 6.45) is -1.36. The first-order chi connectivity index (χ1) is 9.90. The minimum Gasteiger partial charge on any atom is -0.476 e. The Hall–Kier alpha value is -1.57. The van der Waals surface area contributed by atoms with Gasteiger partial charge in [0.15, 0.2) is 0 Å². The number of aromatic nitrogens is 2. The number of rotatable bonds is 4. The van der Waals surface area contributed by atoms with Gasteiger partial charge in [-0.15, -0.1) is 0 Å². The normalized spacial score (nSPS) is 20.3. The molecule has 0 aliphatic carbocycles. The Labute approximate surface area is 121 Å². The van der Waals surface area contributed by atoms with Crippen molar-refractivity contribution in [3.8, 4) is 5.88 Å². The van der Waals surface area contributed by atoms with E-state index in [2.05, 4.69) is 20.2 Å². The Morgan fingerprint density at radius 1 is 1.38 bits per heavy atom. The summed E-state index contributed by atoms with van der Waals surface area (Å²) in [5.74, 6) is -1.16. The molecule has 1 N–H and O–H groups in total. The van der Waals surface area contributed by atoms with E-state index in [4.69, 9.17) is 4.74 Å². The van der Waals surface area contributed by atoms with Gasteiger partial charge in [-0.25, -0.2) is 4.98 Å². The lowest BCUT2D eigenvalue weighted by molar-refractivity contribution is -0.145. The van der Waals surface area contributed by atoms with Gasteiger partial charge >= 0.3 is 6.18 Å². The van der Waals surface area contributed by atoms with Crippen LogP contribution in [-0.2, 0) is 6.18 Å². The van der Waals surface area contributed by atoms with Crippen LogP contribution in [0, 0.1) is 0 Å². The molecular formula is C13H19F3N4O. The molecule has 0 spiro atoms. The molecule has 1 aliphatic heterocycles. The molecule has 1 atom stereocenters.